The summed E-state index contributed by atoms with van der Waals surface area (Å²) in [6.07, 6.45) is 47.8. The van der Waals surface area contributed by atoms with E-state index in [2.05, 4.69) is 62.3 Å². The van der Waals surface area contributed by atoms with Crippen molar-refractivity contribution in [2.75, 3.05) is 53.0 Å². The summed E-state index contributed by atoms with van der Waals surface area (Å²) < 4.78 is 11.8. The van der Waals surface area contributed by atoms with Crippen LogP contribution < -0.4 is 5.32 Å². The zero-order chi connectivity index (χ0) is 34.9. The molecule has 1 N–H and O–H groups in total. The second kappa shape index (κ2) is 42.5. The first-order valence-electron chi connectivity index (χ1n) is 21.6. The molecular formula is C44H88N2O2. The van der Waals surface area contributed by atoms with Crippen molar-refractivity contribution in [3.63, 3.8) is 0 Å². The van der Waals surface area contributed by atoms with Gasteiger partial charge in [0, 0.05) is 39.4 Å². The Morgan fingerprint density at radius 1 is 0.500 bits per heavy atom. The summed E-state index contributed by atoms with van der Waals surface area (Å²) >= 11 is 0. The smallest absolute Gasteiger partial charge is 0.0780 e. The SMILES string of the molecule is CCCCCCCC/C=C\CCCCCCCCOCC(C)OCCCCCCCC/C=C\CCCCCCCC.CN1CCNCC1. The molecule has 0 spiro atoms. The van der Waals surface area contributed by atoms with E-state index in [1.165, 1.54) is 193 Å². The molecule has 48 heavy (non-hydrogen) atoms. The van der Waals surface area contributed by atoms with Crippen molar-refractivity contribution >= 4 is 0 Å². The van der Waals surface area contributed by atoms with E-state index in [0.717, 1.165) is 32.9 Å². The molecule has 286 valence electrons. The lowest BCUT2D eigenvalue weighted by atomic mass is 10.1. The Balaban J connectivity index is 0.00000277. The number of nitrogens with zero attached hydrogens (tertiary/aromatic N) is 1. The standard InChI is InChI=1S/C39H76O2.C5H12N2/c1-4-6-8-10-12-14-16-18-20-22-24-26-28-30-32-34-36-40-38-39(3)41-37-35-33-31-29-27-25-23-21-19-17-15-13-11-9-7-5-2;1-7-4-2-6-3-5-7/h18-21,39H,4-17,22-38H2,1-3H3;6H,2-5H2,1H3/b20-18-,21-19-;. The normalized spacial score (nSPS) is 14.6. The molecule has 1 fully saturated rings. The third-order valence-corrected chi connectivity index (χ3v) is 9.55. The van der Waals surface area contributed by atoms with Gasteiger partial charge in [0.05, 0.1) is 12.7 Å². The molecular weight excluding hydrogens is 588 g/mol. The Kier molecular flexibility index (Phi) is 41.9. The molecule has 0 bridgehead atoms. The number of nitrogens with one attached hydrogen (secondary N) is 1. The quantitative estimate of drug-likeness (QED) is 0.0535. The van der Waals surface area contributed by atoms with Crippen molar-refractivity contribution in [3.05, 3.63) is 24.3 Å². The van der Waals surface area contributed by atoms with Gasteiger partial charge >= 0.3 is 0 Å². The Morgan fingerprint density at radius 3 is 1.23 bits per heavy atom. The number of piperazine rings is 1. The minimum atomic E-state index is 0.229. The molecule has 0 aromatic heterocycles. The van der Waals surface area contributed by atoms with Gasteiger partial charge in [-0.25, -0.2) is 0 Å². The zero-order valence-electron chi connectivity index (χ0n) is 33.4. The summed E-state index contributed by atoms with van der Waals surface area (Å²) in [6, 6.07) is 0. The van der Waals surface area contributed by atoms with Crippen LogP contribution in [0.5, 0.6) is 0 Å². The summed E-state index contributed by atoms with van der Waals surface area (Å²) in [6.45, 7) is 14.0. The predicted octanol–water partition coefficient (Wildman–Crippen LogP) is 13.0. The maximum absolute atomic E-state index is 5.95. The lowest BCUT2D eigenvalue weighted by Crippen LogP contribution is -2.40. The summed E-state index contributed by atoms with van der Waals surface area (Å²) in [7, 11) is 2.15. The molecule has 0 amide bonds. The highest BCUT2D eigenvalue weighted by molar-refractivity contribution is 4.82. The van der Waals surface area contributed by atoms with Gasteiger partial charge in [-0.15, -0.1) is 0 Å². The van der Waals surface area contributed by atoms with E-state index in [-0.39, 0.29) is 6.10 Å². The largest absolute Gasteiger partial charge is 0.379 e. The van der Waals surface area contributed by atoms with Gasteiger partial charge in [0.2, 0.25) is 0 Å². The van der Waals surface area contributed by atoms with Gasteiger partial charge in [0.1, 0.15) is 0 Å². The second-order valence-electron chi connectivity index (χ2n) is 14.7. The topological polar surface area (TPSA) is 33.7 Å². The molecule has 0 aliphatic carbocycles. The van der Waals surface area contributed by atoms with E-state index in [1.807, 2.05) is 0 Å². The molecule has 1 unspecified atom stereocenters. The van der Waals surface area contributed by atoms with Gasteiger partial charge in [-0.2, -0.15) is 0 Å². The van der Waals surface area contributed by atoms with Crippen LogP contribution in [0.3, 0.4) is 0 Å². The number of hydrogen-bond acceptors (Lipinski definition) is 4. The van der Waals surface area contributed by atoms with Crippen LogP contribution in [0, 0.1) is 0 Å². The first-order chi connectivity index (χ1) is 23.7. The van der Waals surface area contributed by atoms with Gasteiger partial charge in [0.15, 0.2) is 0 Å². The summed E-state index contributed by atoms with van der Waals surface area (Å²) in [4.78, 5) is 2.33. The lowest BCUT2D eigenvalue weighted by molar-refractivity contribution is -0.00869. The van der Waals surface area contributed by atoms with Crippen molar-refractivity contribution < 1.29 is 9.47 Å². The van der Waals surface area contributed by atoms with Crippen LogP contribution in [0.1, 0.15) is 201 Å². The molecule has 4 nitrogen and oxygen atoms in total. The van der Waals surface area contributed by atoms with Crippen LogP contribution in [0.25, 0.3) is 0 Å². The highest BCUT2D eigenvalue weighted by Gasteiger charge is 2.03. The molecule has 0 saturated carbocycles. The molecule has 0 aromatic carbocycles. The Labute approximate surface area is 303 Å². The summed E-state index contributed by atoms with van der Waals surface area (Å²) in [5.74, 6) is 0. The average Bonchev–Trinajstić information content (AvgIpc) is 3.09. The Hall–Kier alpha value is -0.680. The Bertz CT molecular complexity index is 631. The van der Waals surface area contributed by atoms with Crippen LogP contribution in [-0.2, 0) is 9.47 Å². The molecule has 1 rings (SSSR count). The van der Waals surface area contributed by atoms with E-state index < -0.39 is 0 Å². The Morgan fingerprint density at radius 2 is 0.854 bits per heavy atom. The third-order valence-electron chi connectivity index (χ3n) is 9.55. The van der Waals surface area contributed by atoms with Gasteiger partial charge < -0.3 is 19.7 Å². The van der Waals surface area contributed by atoms with E-state index in [1.54, 1.807) is 0 Å². The number of likely N-dealkylation sites (N-methyl/N-ethyl adjacent to an activating group) is 1. The van der Waals surface area contributed by atoms with Gasteiger partial charge in [0.25, 0.3) is 0 Å². The molecule has 0 radical (unpaired) electrons. The van der Waals surface area contributed by atoms with Gasteiger partial charge in [-0.3, -0.25) is 0 Å². The summed E-state index contributed by atoms with van der Waals surface area (Å²) in [5.41, 5.74) is 0. The van der Waals surface area contributed by atoms with Crippen LogP contribution in [-0.4, -0.2) is 64.1 Å². The molecule has 1 saturated heterocycles. The van der Waals surface area contributed by atoms with Crippen molar-refractivity contribution in [3.8, 4) is 0 Å². The first kappa shape index (κ1) is 47.3. The maximum Gasteiger partial charge on any atom is 0.0780 e. The minimum Gasteiger partial charge on any atom is -0.379 e. The minimum absolute atomic E-state index is 0.229. The number of rotatable bonds is 35. The van der Waals surface area contributed by atoms with Crippen LogP contribution >= 0.6 is 0 Å². The van der Waals surface area contributed by atoms with E-state index in [4.69, 9.17) is 9.47 Å². The molecule has 1 aliphatic rings. The predicted molar refractivity (Wildman–Crippen MR) is 216 cm³/mol. The fourth-order valence-electron chi connectivity index (χ4n) is 6.16. The van der Waals surface area contributed by atoms with Crippen LogP contribution in [0.2, 0.25) is 0 Å². The highest BCUT2D eigenvalue weighted by Crippen LogP contribution is 2.12. The van der Waals surface area contributed by atoms with Gasteiger partial charge in [-0.1, -0.05) is 154 Å². The van der Waals surface area contributed by atoms with Gasteiger partial charge in [-0.05, 0) is 78.2 Å². The second-order valence-corrected chi connectivity index (χ2v) is 14.7. The van der Waals surface area contributed by atoms with Crippen LogP contribution in [0.15, 0.2) is 24.3 Å². The average molecular weight is 677 g/mol. The van der Waals surface area contributed by atoms with Crippen molar-refractivity contribution in [2.45, 2.75) is 207 Å². The summed E-state index contributed by atoms with van der Waals surface area (Å²) in [5, 5.41) is 3.27. The highest BCUT2D eigenvalue weighted by atomic mass is 16.5. The fraction of sp³-hybridized carbons (Fsp3) is 0.909. The first-order valence-corrected chi connectivity index (χ1v) is 21.6. The number of allylic oxidation sites excluding steroid dienone is 4. The maximum atomic E-state index is 5.95. The van der Waals surface area contributed by atoms with E-state index >= 15 is 0 Å². The molecule has 1 heterocycles. The van der Waals surface area contributed by atoms with Crippen molar-refractivity contribution in [1.82, 2.24) is 10.2 Å². The molecule has 0 aromatic rings. The molecule has 4 heteroatoms. The molecule has 1 aliphatic heterocycles. The zero-order valence-corrected chi connectivity index (χ0v) is 33.4. The fourth-order valence-corrected chi connectivity index (χ4v) is 6.16. The van der Waals surface area contributed by atoms with Crippen molar-refractivity contribution in [2.24, 2.45) is 0 Å². The lowest BCUT2D eigenvalue weighted by Gasteiger charge is -2.21. The van der Waals surface area contributed by atoms with E-state index in [0.29, 0.717) is 0 Å². The monoisotopic (exact) mass is 677 g/mol. The van der Waals surface area contributed by atoms with Crippen molar-refractivity contribution in [1.29, 1.82) is 0 Å². The molecule has 1 atom stereocenters. The number of ether oxygens (including phenoxy) is 2. The van der Waals surface area contributed by atoms with Crippen LogP contribution in [0.4, 0.5) is 0 Å². The number of hydrogen-bond donors (Lipinski definition) is 1. The van der Waals surface area contributed by atoms with E-state index in [9.17, 15) is 0 Å². The number of unbranched alkanes of at least 4 members (excludes halogenated alkanes) is 24. The third kappa shape index (κ3) is 41.5.